The van der Waals surface area contributed by atoms with Gasteiger partial charge in [-0.25, -0.2) is 4.98 Å². The van der Waals surface area contributed by atoms with Crippen LogP contribution in [0.2, 0.25) is 0 Å². The van der Waals surface area contributed by atoms with Gasteiger partial charge in [-0.2, -0.15) is 4.98 Å². The minimum Gasteiger partial charge on any atom is -0.493 e. The summed E-state index contributed by atoms with van der Waals surface area (Å²) in [5.74, 6) is 3.38. The van der Waals surface area contributed by atoms with Crippen molar-refractivity contribution in [2.45, 2.75) is 13.5 Å². The molecule has 0 bridgehead atoms. The molecule has 2 heterocycles. The van der Waals surface area contributed by atoms with E-state index in [0.717, 1.165) is 5.82 Å². The first-order chi connectivity index (χ1) is 11.7. The summed E-state index contributed by atoms with van der Waals surface area (Å²) < 4.78 is 23.3. The zero-order chi connectivity index (χ0) is 17.1. The van der Waals surface area contributed by atoms with Gasteiger partial charge in [0.2, 0.25) is 5.75 Å². The van der Waals surface area contributed by atoms with Crippen LogP contribution in [0.25, 0.3) is 11.5 Å². The van der Waals surface area contributed by atoms with E-state index < -0.39 is 0 Å². The second kappa shape index (κ2) is 6.61. The molecule has 0 aliphatic heterocycles. The first-order valence-electron chi connectivity index (χ1n) is 7.27. The van der Waals surface area contributed by atoms with Crippen molar-refractivity contribution in [3.8, 4) is 28.7 Å². The van der Waals surface area contributed by atoms with Gasteiger partial charge in [-0.3, -0.25) is 0 Å². The Morgan fingerprint density at radius 2 is 1.79 bits per heavy atom. The normalized spacial score (nSPS) is 10.7. The van der Waals surface area contributed by atoms with E-state index in [0.29, 0.717) is 41.1 Å². The highest BCUT2D eigenvalue weighted by Crippen LogP contribution is 2.40. The Balaban J connectivity index is 1.93. The number of aromatic nitrogens is 4. The van der Waals surface area contributed by atoms with Crippen LogP contribution in [0.3, 0.4) is 0 Å². The second-order valence-corrected chi connectivity index (χ2v) is 5.03. The maximum atomic E-state index is 5.37. The average Bonchev–Trinajstić information content (AvgIpc) is 3.23. The molecule has 0 amide bonds. The Hall–Kier alpha value is -3.03. The summed E-state index contributed by atoms with van der Waals surface area (Å²) in [6, 6.07) is 3.53. The van der Waals surface area contributed by atoms with Crippen LogP contribution in [-0.2, 0) is 6.54 Å². The predicted molar refractivity (Wildman–Crippen MR) is 85.5 cm³/mol. The van der Waals surface area contributed by atoms with Crippen LogP contribution in [-0.4, -0.2) is 41.0 Å². The summed E-state index contributed by atoms with van der Waals surface area (Å²) in [5.41, 5.74) is 0.686. The number of rotatable bonds is 6. The predicted octanol–water partition coefficient (Wildman–Crippen LogP) is 2.32. The number of hydrogen-bond donors (Lipinski definition) is 0. The van der Waals surface area contributed by atoms with E-state index >= 15 is 0 Å². The fourth-order valence-corrected chi connectivity index (χ4v) is 2.36. The SMILES string of the molecule is COc1cc(-c2nc(Cn3ccnc3C)no2)cc(OC)c1OC. The Morgan fingerprint density at radius 1 is 1.08 bits per heavy atom. The van der Waals surface area contributed by atoms with Crippen molar-refractivity contribution in [3.05, 3.63) is 36.2 Å². The molecule has 0 unspecified atom stereocenters. The smallest absolute Gasteiger partial charge is 0.258 e. The number of methoxy groups -OCH3 is 3. The fourth-order valence-electron chi connectivity index (χ4n) is 2.36. The molecule has 0 saturated heterocycles. The number of imidazole rings is 1. The van der Waals surface area contributed by atoms with Crippen molar-refractivity contribution < 1.29 is 18.7 Å². The zero-order valence-electron chi connectivity index (χ0n) is 13.9. The molecule has 8 nitrogen and oxygen atoms in total. The second-order valence-electron chi connectivity index (χ2n) is 5.03. The molecule has 24 heavy (non-hydrogen) atoms. The molecule has 0 aliphatic carbocycles. The van der Waals surface area contributed by atoms with E-state index in [-0.39, 0.29) is 0 Å². The lowest BCUT2D eigenvalue weighted by molar-refractivity contribution is 0.324. The van der Waals surface area contributed by atoms with Gasteiger partial charge >= 0.3 is 0 Å². The summed E-state index contributed by atoms with van der Waals surface area (Å²) in [6.07, 6.45) is 3.60. The summed E-state index contributed by atoms with van der Waals surface area (Å²) in [4.78, 5) is 8.60. The lowest BCUT2D eigenvalue weighted by atomic mass is 10.2. The quantitative estimate of drug-likeness (QED) is 0.685. The maximum absolute atomic E-state index is 5.37. The molecule has 0 saturated carbocycles. The van der Waals surface area contributed by atoms with E-state index in [4.69, 9.17) is 18.7 Å². The number of benzene rings is 1. The third kappa shape index (κ3) is 2.90. The van der Waals surface area contributed by atoms with Crippen LogP contribution in [0.1, 0.15) is 11.6 Å². The van der Waals surface area contributed by atoms with E-state index in [9.17, 15) is 0 Å². The third-order valence-electron chi connectivity index (χ3n) is 3.62. The Labute approximate surface area is 139 Å². The minimum absolute atomic E-state index is 0.377. The number of nitrogens with zero attached hydrogens (tertiary/aromatic N) is 4. The first kappa shape index (κ1) is 15.9. The van der Waals surface area contributed by atoms with E-state index in [1.165, 1.54) is 0 Å². The molecular weight excluding hydrogens is 312 g/mol. The molecule has 8 heteroatoms. The van der Waals surface area contributed by atoms with E-state index in [1.54, 1.807) is 39.7 Å². The molecule has 3 aromatic rings. The molecular formula is C16H18N4O4. The highest BCUT2D eigenvalue weighted by atomic mass is 16.5. The van der Waals surface area contributed by atoms with Gasteiger partial charge in [0.15, 0.2) is 17.3 Å². The Bertz CT molecular complexity index is 815. The van der Waals surface area contributed by atoms with E-state index in [2.05, 4.69) is 15.1 Å². The van der Waals surface area contributed by atoms with Crippen molar-refractivity contribution in [1.29, 1.82) is 0 Å². The van der Waals surface area contributed by atoms with Gasteiger partial charge in [0.1, 0.15) is 5.82 Å². The van der Waals surface area contributed by atoms with Crippen molar-refractivity contribution in [1.82, 2.24) is 19.7 Å². The Kier molecular flexibility index (Phi) is 4.37. The maximum Gasteiger partial charge on any atom is 0.258 e. The van der Waals surface area contributed by atoms with Gasteiger partial charge in [0.05, 0.1) is 27.9 Å². The molecule has 0 aliphatic rings. The molecule has 3 rings (SSSR count). The molecule has 2 aromatic heterocycles. The lowest BCUT2D eigenvalue weighted by Crippen LogP contribution is -2.02. The van der Waals surface area contributed by atoms with Crippen LogP contribution in [0.15, 0.2) is 29.0 Å². The molecule has 0 radical (unpaired) electrons. The van der Waals surface area contributed by atoms with Crippen LogP contribution in [0, 0.1) is 6.92 Å². The Morgan fingerprint density at radius 3 is 2.33 bits per heavy atom. The van der Waals surface area contributed by atoms with Crippen molar-refractivity contribution in [2.24, 2.45) is 0 Å². The topological polar surface area (TPSA) is 84.4 Å². The first-order valence-corrected chi connectivity index (χ1v) is 7.27. The van der Waals surface area contributed by atoms with Crippen molar-refractivity contribution >= 4 is 0 Å². The fraction of sp³-hybridized carbons (Fsp3) is 0.312. The largest absolute Gasteiger partial charge is 0.493 e. The van der Waals surface area contributed by atoms with Gasteiger partial charge in [-0.1, -0.05) is 5.16 Å². The van der Waals surface area contributed by atoms with Crippen LogP contribution < -0.4 is 14.2 Å². The monoisotopic (exact) mass is 330 g/mol. The highest BCUT2D eigenvalue weighted by molar-refractivity contribution is 5.65. The summed E-state index contributed by atoms with van der Waals surface area (Å²) in [6.45, 7) is 2.40. The van der Waals surface area contributed by atoms with Crippen LogP contribution >= 0.6 is 0 Å². The summed E-state index contributed by atoms with van der Waals surface area (Å²) in [5, 5.41) is 4.01. The minimum atomic E-state index is 0.377. The molecule has 1 aromatic carbocycles. The molecule has 126 valence electrons. The van der Waals surface area contributed by atoms with Crippen molar-refractivity contribution in [2.75, 3.05) is 21.3 Å². The summed E-state index contributed by atoms with van der Waals surface area (Å²) >= 11 is 0. The van der Waals surface area contributed by atoms with Crippen LogP contribution in [0.5, 0.6) is 17.2 Å². The third-order valence-corrected chi connectivity index (χ3v) is 3.62. The van der Waals surface area contributed by atoms with Crippen molar-refractivity contribution in [3.63, 3.8) is 0 Å². The highest BCUT2D eigenvalue weighted by Gasteiger charge is 2.17. The molecule has 0 N–H and O–H groups in total. The van der Waals surface area contributed by atoms with Gasteiger partial charge in [-0.15, -0.1) is 0 Å². The van der Waals surface area contributed by atoms with Gasteiger partial charge in [0.25, 0.3) is 5.89 Å². The van der Waals surface area contributed by atoms with Gasteiger partial charge in [-0.05, 0) is 19.1 Å². The van der Waals surface area contributed by atoms with E-state index in [1.807, 2.05) is 17.7 Å². The van der Waals surface area contributed by atoms with Gasteiger partial charge < -0.3 is 23.3 Å². The standard InChI is InChI=1S/C16H18N4O4/c1-10-17-5-6-20(10)9-14-18-16(24-19-14)11-7-12(21-2)15(23-4)13(8-11)22-3/h5-8H,9H2,1-4H3. The number of hydrogen-bond acceptors (Lipinski definition) is 7. The molecule has 0 fully saturated rings. The average molecular weight is 330 g/mol. The number of aryl methyl sites for hydroxylation is 1. The van der Waals surface area contributed by atoms with Gasteiger partial charge in [0, 0.05) is 18.0 Å². The molecule has 0 atom stereocenters. The molecule has 0 spiro atoms. The lowest BCUT2D eigenvalue weighted by Gasteiger charge is -2.12. The zero-order valence-corrected chi connectivity index (χ0v) is 13.9. The number of ether oxygens (including phenoxy) is 3. The summed E-state index contributed by atoms with van der Waals surface area (Å²) in [7, 11) is 4.67. The van der Waals surface area contributed by atoms with Crippen LogP contribution in [0.4, 0.5) is 0 Å².